The lowest BCUT2D eigenvalue weighted by Gasteiger charge is -2.27. The summed E-state index contributed by atoms with van der Waals surface area (Å²) in [7, 11) is 0. The van der Waals surface area contributed by atoms with Gasteiger partial charge in [-0.1, -0.05) is 30.3 Å². The van der Waals surface area contributed by atoms with Crippen LogP contribution in [-0.2, 0) is 24.1 Å². The van der Waals surface area contributed by atoms with Crippen molar-refractivity contribution in [2.24, 2.45) is 0 Å². The highest BCUT2D eigenvalue weighted by molar-refractivity contribution is 7.16. The summed E-state index contributed by atoms with van der Waals surface area (Å²) in [4.78, 5) is 14.9. The summed E-state index contributed by atoms with van der Waals surface area (Å²) < 4.78 is 58.3. The molecule has 0 aliphatic carbocycles. The van der Waals surface area contributed by atoms with Crippen LogP contribution < -0.4 is 0 Å². The Kier molecular flexibility index (Phi) is 5.67. The fourth-order valence-corrected chi connectivity index (χ4v) is 5.54. The Morgan fingerprint density at radius 1 is 1.41 bits per heavy atom. The quantitative estimate of drug-likeness (QED) is 0.319. The van der Waals surface area contributed by atoms with E-state index in [1.807, 2.05) is 0 Å². The SMILES string of the molecule is C=CC(=O)N1Cc2sc(Cl)c(C)c2C1c1cccc(F)c1-c1cn(CC)nc1C(F)(F)F. The molecule has 3 heterocycles. The Morgan fingerprint density at radius 3 is 2.75 bits per heavy atom. The van der Waals surface area contributed by atoms with Gasteiger partial charge in [-0.2, -0.15) is 18.3 Å². The number of aryl methyl sites for hydroxylation is 1. The highest BCUT2D eigenvalue weighted by Crippen LogP contribution is 2.50. The van der Waals surface area contributed by atoms with Crippen molar-refractivity contribution in [3.05, 3.63) is 74.5 Å². The summed E-state index contributed by atoms with van der Waals surface area (Å²) in [5.41, 5.74) is -0.125. The van der Waals surface area contributed by atoms with Crippen molar-refractivity contribution in [3.8, 4) is 11.1 Å². The third-order valence-electron chi connectivity index (χ3n) is 5.53. The number of hydrogen-bond donors (Lipinski definition) is 0. The number of carbonyl (C=O) groups is 1. The number of aromatic nitrogens is 2. The fraction of sp³-hybridized carbons (Fsp3) is 0.273. The van der Waals surface area contributed by atoms with Gasteiger partial charge < -0.3 is 4.90 Å². The minimum Gasteiger partial charge on any atom is -0.323 e. The Morgan fingerprint density at radius 2 is 2.12 bits per heavy atom. The van der Waals surface area contributed by atoms with E-state index in [4.69, 9.17) is 11.6 Å². The predicted molar refractivity (Wildman–Crippen MR) is 115 cm³/mol. The van der Waals surface area contributed by atoms with Crippen molar-refractivity contribution in [3.63, 3.8) is 0 Å². The monoisotopic (exact) mass is 483 g/mol. The summed E-state index contributed by atoms with van der Waals surface area (Å²) in [6, 6.07) is 3.25. The molecule has 0 bridgehead atoms. The average Bonchev–Trinajstić information content (AvgIpc) is 3.40. The van der Waals surface area contributed by atoms with Crippen LogP contribution in [0.2, 0.25) is 4.34 Å². The van der Waals surface area contributed by atoms with Gasteiger partial charge in [-0.15, -0.1) is 11.3 Å². The van der Waals surface area contributed by atoms with Gasteiger partial charge in [0.15, 0.2) is 5.69 Å². The van der Waals surface area contributed by atoms with Gasteiger partial charge >= 0.3 is 6.18 Å². The summed E-state index contributed by atoms with van der Waals surface area (Å²) >= 11 is 7.62. The zero-order valence-electron chi connectivity index (χ0n) is 17.1. The lowest BCUT2D eigenvalue weighted by Crippen LogP contribution is -2.29. The predicted octanol–water partition coefficient (Wildman–Crippen LogP) is 6.37. The van der Waals surface area contributed by atoms with Crippen LogP contribution in [-0.4, -0.2) is 20.6 Å². The number of rotatable bonds is 4. The van der Waals surface area contributed by atoms with Gasteiger partial charge in [0.05, 0.1) is 16.9 Å². The summed E-state index contributed by atoms with van der Waals surface area (Å²) in [5.74, 6) is -1.24. The second kappa shape index (κ2) is 8.04. The molecule has 0 spiro atoms. The summed E-state index contributed by atoms with van der Waals surface area (Å²) in [5, 5.41) is 3.63. The first kappa shape index (κ1) is 22.5. The van der Waals surface area contributed by atoms with E-state index in [9.17, 15) is 18.0 Å². The smallest absolute Gasteiger partial charge is 0.323 e. The molecule has 10 heteroatoms. The van der Waals surface area contributed by atoms with Gasteiger partial charge in [0.2, 0.25) is 5.91 Å². The molecule has 1 amide bonds. The Bertz CT molecular complexity index is 1230. The maximum Gasteiger partial charge on any atom is 0.435 e. The molecule has 0 saturated heterocycles. The maximum atomic E-state index is 15.2. The molecule has 1 aromatic carbocycles. The molecule has 4 rings (SSSR count). The second-order valence-corrected chi connectivity index (χ2v) is 9.07. The lowest BCUT2D eigenvalue weighted by atomic mass is 9.90. The van der Waals surface area contributed by atoms with Crippen LogP contribution >= 0.6 is 22.9 Å². The molecule has 0 saturated carbocycles. The van der Waals surface area contributed by atoms with Crippen LogP contribution in [0.5, 0.6) is 0 Å². The number of carbonyl (C=O) groups excluding carboxylic acids is 1. The van der Waals surface area contributed by atoms with Crippen molar-refractivity contribution in [2.75, 3.05) is 0 Å². The molecule has 1 atom stereocenters. The van der Waals surface area contributed by atoms with Gasteiger partial charge in [0, 0.05) is 28.7 Å². The van der Waals surface area contributed by atoms with Crippen molar-refractivity contribution in [1.29, 1.82) is 0 Å². The van der Waals surface area contributed by atoms with E-state index < -0.39 is 29.6 Å². The molecule has 4 nitrogen and oxygen atoms in total. The molecular formula is C22H18ClF4N3OS. The van der Waals surface area contributed by atoms with Crippen molar-refractivity contribution in [1.82, 2.24) is 14.7 Å². The van der Waals surface area contributed by atoms with Crippen LogP contribution in [0.4, 0.5) is 17.6 Å². The third kappa shape index (κ3) is 3.53. The van der Waals surface area contributed by atoms with E-state index >= 15 is 4.39 Å². The first-order chi connectivity index (χ1) is 15.1. The zero-order chi connectivity index (χ0) is 23.4. The molecule has 0 fully saturated rings. The number of thiophene rings is 1. The highest BCUT2D eigenvalue weighted by Gasteiger charge is 2.42. The third-order valence-corrected chi connectivity index (χ3v) is 7.13. The molecule has 0 N–H and O–H groups in total. The largest absolute Gasteiger partial charge is 0.435 e. The molecular weight excluding hydrogens is 466 g/mol. The van der Waals surface area contributed by atoms with Gasteiger partial charge in [-0.25, -0.2) is 4.39 Å². The number of benzene rings is 1. The van der Waals surface area contributed by atoms with E-state index in [1.165, 1.54) is 34.6 Å². The van der Waals surface area contributed by atoms with Gasteiger partial charge in [-0.05, 0) is 42.7 Å². The number of alkyl halides is 3. The van der Waals surface area contributed by atoms with Gasteiger partial charge in [-0.3, -0.25) is 9.48 Å². The van der Waals surface area contributed by atoms with E-state index in [-0.39, 0.29) is 29.8 Å². The number of fused-ring (bicyclic) bond motifs is 1. The van der Waals surface area contributed by atoms with Crippen LogP contribution in [0.1, 0.15) is 40.2 Å². The summed E-state index contributed by atoms with van der Waals surface area (Å²) in [6.45, 7) is 7.34. The standard InChI is InChI=1S/C22H18ClF4N3OS/c1-4-16(31)30-10-15-17(11(3)21(23)32-15)19(30)12-7-6-8-14(24)18(12)13-9-29(5-2)28-20(13)22(25,26)27/h4,6-9,19H,1,5,10H2,2-3H3. The molecule has 32 heavy (non-hydrogen) atoms. The van der Waals surface area contributed by atoms with Crippen molar-refractivity contribution in [2.45, 2.75) is 39.2 Å². The van der Waals surface area contributed by atoms with E-state index in [0.717, 1.165) is 21.7 Å². The van der Waals surface area contributed by atoms with E-state index in [2.05, 4.69) is 11.7 Å². The summed E-state index contributed by atoms with van der Waals surface area (Å²) in [6.07, 6.45) is -2.46. The molecule has 3 aromatic rings. The fourth-order valence-electron chi connectivity index (χ4n) is 4.11. The number of halogens is 5. The minimum absolute atomic E-state index is 0.181. The average molecular weight is 484 g/mol. The van der Waals surface area contributed by atoms with Crippen molar-refractivity contribution >= 4 is 28.8 Å². The van der Waals surface area contributed by atoms with Crippen LogP contribution in [0, 0.1) is 12.7 Å². The maximum absolute atomic E-state index is 15.2. The molecule has 168 valence electrons. The first-order valence-electron chi connectivity index (χ1n) is 9.72. The Labute approximate surface area is 190 Å². The molecule has 2 aromatic heterocycles. The number of hydrogen-bond acceptors (Lipinski definition) is 3. The lowest BCUT2D eigenvalue weighted by molar-refractivity contribution is -0.141. The normalized spacial score (nSPS) is 15.8. The van der Waals surface area contributed by atoms with Crippen LogP contribution in [0.3, 0.4) is 0 Å². The van der Waals surface area contributed by atoms with E-state index in [1.54, 1.807) is 13.8 Å². The Balaban J connectivity index is 2.02. The number of amides is 1. The molecule has 1 unspecified atom stereocenters. The second-order valence-electron chi connectivity index (χ2n) is 7.36. The zero-order valence-corrected chi connectivity index (χ0v) is 18.7. The topological polar surface area (TPSA) is 38.1 Å². The van der Waals surface area contributed by atoms with Gasteiger partial charge in [0.25, 0.3) is 0 Å². The Hall–Kier alpha value is -2.65. The minimum atomic E-state index is -4.78. The van der Waals surface area contributed by atoms with Crippen LogP contribution in [0.25, 0.3) is 11.1 Å². The van der Waals surface area contributed by atoms with Gasteiger partial charge in [0.1, 0.15) is 5.82 Å². The molecule has 1 aliphatic heterocycles. The first-order valence-corrected chi connectivity index (χ1v) is 10.9. The molecule has 0 radical (unpaired) electrons. The highest BCUT2D eigenvalue weighted by atomic mass is 35.5. The molecule has 1 aliphatic rings. The van der Waals surface area contributed by atoms with E-state index in [0.29, 0.717) is 15.5 Å². The number of nitrogens with zero attached hydrogens (tertiary/aromatic N) is 3. The van der Waals surface area contributed by atoms with Crippen molar-refractivity contribution < 1.29 is 22.4 Å². The van der Waals surface area contributed by atoms with Crippen LogP contribution in [0.15, 0.2) is 37.1 Å².